The molecule has 0 aromatic carbocycles. The molecular weight excluding hydrogens is 90.1 g/mol. The van der Waals surface area contributed by atoms with E-state index in [1.54, 1.807) is 0 Å². The summed E-state index contributed by atoms with van der Waals surface area (Å²) in [5.74, 6) is 0. The fourth-order valence-corrected chi connectivity index (χ4v) is 0.762. The molecule has 0 bridgehead atoms. The quantitative estimate of drug-likeness (QED) is 0.404. The summed E-state index contributed by atoms with van der Waals surface area (Å²) in [6.07, 6.45) is 4.20. The van der Waals surface area contributed by atoms with E-state index >= 15 is 0 Å². The van der Waals surface area contributed by atoms with Gasteiger partial charge in [0.1, 0.15) is 12.8 Å². The third-order valence-electron chi connectivity index (χ3n) is 1.23. The molecule has 0 radical (unpaired) electrons. The lowest BCUT2D eigenvalue weighted by Crippen LogP contribution is -2.74. The van der Waals surface area contributed by atoms with Gasteiger partial charge in [-0.15, -0.1) is 0 Å². The molecule has 1 atom stereocenters. The number of hydrogen-bond acceptors (Lipinski definition) is 1. The second-order valence-electron chi connectivity index (χ2n) is 1.83. The summed E-state index contributed by atoms with van der Waals surface area (Å²) in [6.45, 7) is 0.274. The van der Waals surface area contributed by atoms with Gasteiger partial charge in [-0.3, -0.25) is 0 Å². The van der Waals surface area contributed by atoms with E-state index in [-0.39, 0.29) is 6.61 Å². The summed E-state index contributed by atoms with van der Waals surface area (Å²) < 4.78 is 0. The molecular formula is C5H10NO+. The lowest BCUT2D eigenvalue weighted by molar-refractivity contribution is -0.492. The predicted molar refractivity (Wildman–Crippen MR) is 27.1 cm³/mol. The van der Waals surface area contributed by atoms with Crippen LogP contribution in [0.3, 0.4) is 0 Å². The van der Waals surface area contributed by atoms with E-state index in [0.717, 1.165) is 12.8 Å². The maximum Gasteiger partial charge on any atom is 0.173 e. The first kappa shape index (κ1) is 4.78. The van der Waals surface area contributed by atoms with Gasteiger partial charge in [0.25, 0.3) is 0 Å². The fraction of sp³-hybridized carbons (Fsp3) is 0.800. The smallest absolute Gasteiger partial charge is 0.173 e. The molecule has 0 aromatic rings. The standard InChI is InChI=1S/C5H9NO/c7-4-5-2-1-3-6-5/h3,5,7H,1-2,4H2/p+1. The van der Waals surface area contributed by atoms with Gasteiger partial charge in [0.05, 0.1) is 0 Å². The fourth-order valence-electron chi connectivity index (χ4n) is 0.762. The summed E-state index contributed by atoms with van der Waals surface area (Å²) >= 11 is 0. The normalized spacial score (nSPS) is 29.0. The zero-order chi connectivity index (χ0) is 5.11. The molecule has 1 heterocycles. The van der Waals surface area contributed by atoms with Crippen molar-refractivity contribution in [2.75, 3.05) is 6.61 Å². The monoisotopic (exact) mass is 100 g/mol. The van der Waals surface area contributed by atoms with Crippen LogP contribution < -0.4 is 4.99 Å². The van der Waals surface area contributed by atoms with Crippen LogP contribution in [-0.4, -0.2) is 24.0 Å². The van der Waals surface area contributed by atoms with Gasteiger partial charge in [-0.1, -0.05) is 0 Å². The average molecular weight is 100 g/mol. The van der Waals surface area contributed by atoms with E-state index in [9.17, 15) is 0 Å². The van der Waals surface area contributed by atoms with Crippen LogP contribution in [0, 0.1) is 0 Å². The van der Waals surface area contributed by atoms with E-state index in [0.29, 0.717) is 6.04 Å². The van der Waals surface area contributed by atoms with Crippen molar-refractivity contribution >= 4 is 6.21 Å². The van der Waals surface area contributed by atoms with Gasteiger partial charge in [-0.2, -0.15) is 0 Å². The predicted octanol–water partition coefficient (Wildman–Crippen LogP) is -1.71. The topological polar surface area (TPSA) is 34.2 Å². The number of hydrogen-bond donors (Lipinski definition) is 2. The van der Waals surface area contributed by atoms with E-state index in [1.807, 2.05) is 6.21 Å². The maximum absolute atomic E-state index is 8.48. The van der Waals surface area contributed by atoms with Gasteiger partial charge in [-0.05, 0) is 0 Å². The van der Waals surface area contributed by atoms with Crippen LogP contribution in [0.4, 0.5) is 0 Å². The molecule has 2 nitrogen and oxygen atoms in total. The Morgan fingerprint density at radius 3 is 3.00 bits per heavy atom. The Balaban J connectivity index is 2.28. The number of aliphatic hydroxyl groups is 1. The lowest BCUT2D eigenvalue weighted by Gasteiger charge is -1.90. The molecule has 0 aliphatic carbocycles. The molecule has 0 saturated carbocycles. The Morgan fingerprint density at radius 2 is 2.71 bits per heavy atom. The van der Waals surface area contributed by atoms with Gasteiger partial charge in [0.15, 0.2) is 6.04 Å². The molecule has 1 aliphatic rings. The Bertz CT molecular complexity index is 80.1. The summed E-state index contributed by atoms with van der Waals surface area (Å²) in [5, 5.41) is 8.48. The van der Waals surface area contributed by atoms with E-state index < -0.39 is 0 Å². The van der Waals surface area contributed by atoms with E-state index in [4.69, 9.17) is 5.11 Å². The second-order valence-corrected chi connectivity index (χ2v) is 1.83. The van der Waals surface area contributed by atoms with Crippen molar-refractivity contribution in [3.63, 3.8) is 0 Å². The number of rotatable bonds is 1. The molecule has 0 amide bonds. The highest BCUT2D eigenvalue weighted by Gasteiger charge is 2.13. The van der Waals surface area contributed by atoms with Crippen LogP contribution in [0.5, 0.6) is 0 Å². The van der Waals surface area contributed by atoms with Crippen LogP contribution in [0.1, 0.15) is 12.8 Å². The Labute approximate surface area is 42.9 Å². The molecule has 0 saturated heterocycles. The van der Waals surface area contributed by atoms with Crippen molar-refractivity contribution in [2.45, 2.75) is 18.9 Å². The summed E-state index contributed by atoms with van der Waals surface area (Å²) in [5.41, 5.74) is 0. The minimum atomic E-state index is 0.274. The van der Waals surface area contributed by atoms with E-state index in [1.165, 1.54) is 0 Å². The lowest BCUT2D eigenvalue weighted by atomic mass is 10.2. The van der Waals surface area contributed by atoms with Crippen LogP contribution in [0.25, 0.3) is 0 Å². The van der Waals surface area contributed by atoms with Gasteiger partial charge >= 0.3 is 0 Å². The van der Waals surface area contributed by atoms with Crippen LogP contribution >= 0.6 is 0 Å². The van der Waals surface area contributed by atoms with Crippen molar-refractivity contribution < 1.29 is 10.1 Å². The van der Waals surface area contributed by atoms with Gasteiger partial charge in [-0.25, -0.2) is 4.99 Å². The number of nitrogens with one attached hydrogen (secondary N) is 1. The highest BCUT2D eigenvalue weighted by Crippen LogP contribution is 1.90. The molecule has 0 spiro atoms. The molecule has 7 heavy (non-hydrogen) atoms. The molecule has 0 fully saturated rings. The Kier molecular flexibility index (Phi) is 1.42. The third kappa shape index (κ3) is 0.996. The van der Waals surface area contributed by atoms with Crippen LogP contribution in [-0.2, 0) is 0 Å². The SMILES string of the molecule is OCC1CCC=[NH+]1. The Hall–Kier alpha value is -0.370. The minimum absolute atomic E-state index is 0.274. The summed E-state index contributed by atoms with van der Waals surface area (Å²) in [4.78, 5) is 3.03. The molecule has 40 valence electrons. The molecule has 0 aromatic heterocycles. The van der Waals surface area contributed by atoms with Crippen molar-refractivity contribution in [1.29, 1.82) is 0 Å². The molecule has 1 aliphatic heterocycles. The zero-order valence-electron chi connectivity index (χ0n) is 4.22. The molecule has 2 N–H and O–H groups in total. The van der Waals surface area contributed by atoms with Gasteiger partial charge in [0, 0.05) is 12.8 Å². The largest absolute Gasteiger partial charge is 0.389 e. The zero-order valence-corrected chi connectivity index (χ0v) is 4.22. The van der Waals surface area contributed by atoms with Crippen LogP contribution in [0.2, 0.25) is 0 Å². The van der Waals surface area contributed by atoms with Crippen molar-refractivity contribution in [3.05, 3.63) is 0 Å². The second kappa shape index (κ2) is 2.07. The van der Waals surface area contributed by atoms with Gasteiger partial charge in [0.2, 0.25) is 0 Å². The first-order valence-electron chi connectivity index (χ1n) is 2.62. The Morgan fingerprint density at radius 1 is 1.86 bits per heavy atom. The molecule has 2 heteroatoms. The highest BCUT2D eigenvalue weighted by atomic mass is 16.3. The van der Waals surface area contributed by atoms with Crippen molar-refractivity contribution in [2.24, 2.45) is 0 Å². The van der Waals surface area contributed by atoms with Crippen LogP contribution in [0.15, 0.2) is 0 Å². The van der Waals surface area contributed by atoms with Gasteiger partial charge < -0.3 is 5.11 Å². The maximum atomic E-state index is 8.48. The first-order valence-corrected chi connectivity index (χ1v) is 2.62. The molecule has 1 unspecified atom stereocenters. The van der Waals surface area contributed by atoms with E-state index in [2.05, 4.69) is 4.99 Å². The average Bonchev–Trinajstić information content (AvgIpc) is 2.14. The third-order valence-corrected chi connectivity index (χ3v) is 1.23. The minimum Gasteiger partial charge on any atom is -0.389 e. The summed E-state index contributed by atoms with van der Waals surface area (Å²) in [7, 11) is 0. The van der Waals surface area contributed by atoms with Crippen molar-refractivity contribution in [3.8, 4) is 0 Å². The van der Waals surface area contributed by atoms with Crippen molar-refractivity contribution in [1.82, 2.24) is 0 Å². The highest BCUT2D eigenvalue weighted by molar-refractivity contribution is 5.51. The first-order chi connectivity index (χ1) is 3.43. The molecule has 1 rings (SSSR count). The number of aliphatic hydroxyl groups excluding tert-OH is 1. The summed E-state index contributed by atoms with van der Waals surface area (Å²) in [6, 6.07) is 0.347.